The van der Waals surface area contributed by atoms with Gasteiger partial charge in [-0.3, -0.25) is 9.78 Å². The molecule has 0 saturated heterocycles. The Bertz CT molecular complexity index is 782. The average molecular weight is 421 g/mol. The highest BCUT2D eigenvalue weighted by molar-refractivity contribution is 5.92. The molecular formula is C24H31F3N2O. The molecule has 1 heterocycles. The van der Waals surface area contributed by atoms with Crippen LogP contribution in [0.4, 0.5) is 13.2 Å². The number of nitrogens with zero attached hydrogens (tertiary/aromatic N) is 1. The third kappa shape index (κ3) is 7.81. The summed E-state index contributed by atoms with van der Waals surface area (Å²) in [6, 6.07) is 9.02. The number of halogens is 3. The van der Waals surface area contributed by atoms with E-state index in [1.54, 1.807) is 18.3 Å². The Morgan fingerprint density at radius 3 is 2.33 bits per heavy atom. The number of nitrogens with one attached hydrogen (secondary N) is 1. The molecule has 3 nitrogen and oxygen atoms in total. The molecule has 30 heavy (non-hydrogen) atoms. The van der Waals surface area contributed by atoms with Gasteiger partial charge in [-0.1, -0.05) is 51.0 Å². The molecule has 1 N–H and O–H groups in total. The third-order valence-electron chi connectivity index (χ3n) is 5.19. The summed E-state index contributed by atoms with van der Waals surface area (Å²) in [4.78, 5) is 16.6. The molecule has 2 aromatic rings. The van der Waals surface area contributed by atoms with Crippen LogP contribution >= 0.6 is 0 Å². The number of carbonyl (C=O) groups excluding carboxylic acids is 1. The van der Waals surface area contributed by atoms with E-state index in [1.165, 1.54) is 12.1 Å². The zero-order valence-corrected chi connectivity index (χ0v) is 17.8. The first-order chi connectivity index (χ1) is 14.3. The topological polar surface area (TPSA) is 42.0 Å². The largest absolute Gasteiger partial charge is 0.416 e. The van der Waals surface area contributed by atoms with Crippen LogP contribution in [0.15, 0.2) is 42.6 Å². The third-order valence-corrected chi connectivity index (χ3v) is 5.19. The number of alkyl halides is 3. The van der Waals surface area contributed by atoms with Gasteiger partial charge >= 0.3 is 6.18 Å². The van der Waals surface area contributed by atoms with Crippen molar-refractivity contribution in [2.75, 3.05) is 6.54 Å². The number of aryl methyl sites for hydroxylation is 2. The Morgan fingerprint density at radius 2 is 1.73 bits per heavy atom. The smallest absolute Gasteiger partial charge is 0.350 e. The van der Waals surface area contributed by atoms with Crippen LogP contribution in [-0.2, 0) is 19.0 Å². The Kier molecular flexibility index (Phi) is 9.34. The number of pyridine rings is 1. The molecular weight excluding hydrogens is 389 g/mol. The summed E-state index contributed by atoms with van der Waals surface area (Å²) in [6.07, 6.45) is 3.74. The maximum Gasteiger partial charge on any atom is 0.416 e. The van der Waals surface area contributed by atoms with E-state index in [-0.39, 0.29) is 5.91 Å². The van der Waals surface area contributed by atoms with Crippen LogP contribution in [0.2, 0.25) is 0 Å². The molecule has 164 valence electrons. The van der Waals surface area contributed by atoms with E-state index in [1.807, 2.05) is 6.07 Å². The van der Waals surface area contributed by atoms with Gasteiger partial charge in [-0.25, -0.2) is 0 Å². The molecule has 1 amide bonds. The van der Waals surface area contributed by atoms with Crippen LogP contribution < -0.4 is 5.32 Å². The van der Waals surface area contributed by atoms with Crippen molar-refractivity contribution in [2.45, 2.75) is 65.0 Å². The van der Waals surface area contributed by atoms with E-state index in [0.29, 0.717) is 43.0 Å². The Labute approximate surface area is 177 Å². The van der Waals surface area contributed by atoms with E-state index in [9.17, 15) is 18.0 Å². The number of hydrogen-bond acceptors (Lipinski definition) is 2. The first-order valence-electron chi connectivity index (χ1n) is 10.7. The predicted molar refractivity (Wildman–Crippen MR) is 113 cm³/mol. The van der Waals surface area contributed by atoms with Crippen LogP contribution in [0.1, 0.15) is 73.1 Å². The Balaban J connectivity index is 1.82. The average Bonchev–Trinajstić information content (AvgIpc) is 2.72. The van der Waals surface area contributed by atoms with Gasteiger partial charge in [-0.2, -0.15) is 13.2 Å². The zero-order chi connectivity index (χ0) is 22.0. The first-order valence-corrected chi connectivity index (χ1v) is 10.7. The summed E-state index contributed by atoms with van der Waals surface area (Å²) in [6.45, 7) is 4.97. The van der Waals surface area contributed by atoms with E-state index in [2.05, 4.69) is 24.1 Å². The number of hydrogen-bond donors (Lipinski definition) is 1. The second-order valence-corrected chi connectivity index (χ2v) is 7.76. The SMILES string of the molecule is CCCC(CCC)CNC(=O)c1ccc(CCCc2cccc(C(F)(F)F)c2)cn1. The van der Waals surface area contributed by atoms with Crippen molar-refractivity contribution in [3.63, 3.8) is 0 Å². The molecule has 0 radical (unpaired) electrons. The summed E-state index contributed by atoms with van der Waals surface area (Å²) < 4.78 is 38.4. The van der Waals surface area contributed by atoms with Crippen molar-refractivity contribution in [3.05, 3.63) is 65.0 Å². The number of benzene rings is 1. The fourth-order valence-electron chi connectivity index (χ4n) is 3.60. The van der Waals surface area contributed by atoms with Crippen molar-refractivity contribution in [1.29, 1.82) is 0 Å². The lowest BCUT2D eigenvalue weighted by Crippen LogP contribution is -2.30. The quantitative estimate of drug-likeness (QED) is 0.469. The maximum atomic E-state index is 12.8. The van der Waals surface area contributed by atoms with Crippen LogP contribution in [0.25, 0.3) is 0 Å². The van der Waals surface area contributed by atoms with E-state index in [0.717, 1.165) is 37.3 Å². The Morgan fingerprint density at radius 1 is 1.03 bits per heavy atom. The predicted octanol–water partition coefficient (Wildman–Crippen LogP) is 6.22. The fraction of sp³-hybridized carbons (Fsp3) is 0.500. The van der Waals surface area contributed by atoms with E-state index < -0.39 is 11.7 Å². The van der Waals surface area contributed by atoms with Crippen LogP contribution in [0.3, 0.4) is 0 Å². The molecule has 0 fully saturated rings. The highest BCUT2D eigenvalue weighted by Crippen LogP contribution is 2.29. The van der Waals surface area contributed by atoms with Crippen molar-refractivity contribution in [1.82, 2.24) is 10.3 Å². The molecule has 0 atom stereocenters. The molecule has 1 aromatic carbocycles. The summed E-state index contributed by atoms with van der Waals surface area (Å²) in [5.41, 5.74) is 1.41. The van der Waals surface area contributed by atoms with Gasteiger partial charge in [0.05, 0.1) is 5.56 Å². The lowest BCUT2D eigenvalue weighted by Gasteiger charge is -2.15. The van der Waals surface area contributed by atoms with Crippen LogP contribution in [-0.4, -0.2) is 17.4 Å². The lowest BCUT2D eigenvalue weighted by molar-refractivity contribution is -0.137. The molecule has 0 aliphatic carbocycles. The lowest BCUT2D eigenvalue weighted by atomic mass is 9.98. The fourth-order valence-corrected chi connectivity index (χ4v) is 3.60. The van der Waals surface area contributed by atoms with Gasteiger partial charge in [0, 0.05) is 12.7 Å². The molecule has 2 rings (SSSR count). The minimum absolute atomic E-state index is 0.164. The van der Waals surface area contributed by atoms with Gasteiger partial charge in [0.2, 0.25) is 0 Å². The second-order valence-electron chi connectivity index (χ2n) is 7.76. The normalized spacial score (nSPS) is 11.7. The molecule has 1 aromatic heterocycles. The summed E-state index contributed by atoms with van der Waals surface area (Å²) in [5.74, 6) is 0.335. The molecule has 6 heteroatoms. The monoisotopic (exact) mass is 420 g/mol. The number of amides is 1. The highest BCUT2D eigenvalue weighted by atomic mass is 19.4. The van der Waals surface area contributed by atoms with E-state index in [4.69, 9.17) is 0 Å². The minimum Gasteiger partial charge on any atom is -0.350 e. The molecule has 0 saturated carbocycles. The summed E-state index contributed by atoms with van der Waals surface area (Å²) in [7, 11) is 0. The molecule has 0 bridgehead atoms. The van der Waals surface area contributed by atoms with Gasteiger partial charge in [0.1, 0.15) is 5.69 Å². The number of aromatic nitrogens is 1. The summed E-state index contributed by atoms with van der Waals surface area (Å²) in [5, 5.41) is 2.98. The van der Waals surface area contributed by atoms with Crippen molar-refractivity contribution in [2.24, 2.45) is 5.92 Å². The second kappa shape index (κ2) is 11.7. The number of rotatable bonds is 11. The van der Waals surface area contributed by atoms with Crippen molar-refractivity contribution < 1.29 is 18.0 Å². The van der Waals surface area contributed by atoms with Crippen LogP contribution in [0, 0.1) is 5.92 Å². The van der Waals surface area contributed by atoms with Gasteiger partial charge in [0.25, 0.3) is 5.91 Å². The standard InChI is InChI=1S/C24H31F3N2O/c1-3-7-19(8-4-2)17-29-23(30)22-14-13-20(16-28-22)11-5-9-18-10-6-12-21(15-18)24(25,26)27/h6,10,12-16,19H,3-5,7-9,11,17H2,1-2H3,(H,29,30). The first kappa shape index (κ1) is 23.9. The van der Waals surface area contributed by atoms with Crippen molar-refractivity contribution >= 4 is 5.91 Å². The molecule has 0 aliphatic heterocycles. The summed E-state index contributed by atoms with van der Waals surface area (Å²) >= 11 is 0. The molecule has 0 unspecified atom stereocenters. The van der Waals surface area contributed by atoms with E-state index >= 15 is 0 Å². The maximum absolute atomic E-state index is 12.8. The zero-order valence-electron chi connectivity index (χ0n) is 17.8. The van der Waals surface area contributed by atoms with Crippen molar-refractivity contribution in [3.8, 4) is 0 Å². The molecule has 0 spiro atoms. The van der Waals surface area contributed by atoms with Gasteiger partial charge in [-0.15, -0.1) is 0 Å². The Hall–Kier alpha value is -2.37. The minimum atomic E-state index is -4.32. The molecule has 0 aliphatic rings. The van der Waals surface area contributed by atoms with Gasteiger partial charge < -0.3 is 5.32 Å². The van der Waals surface area contributed by atoms with Gasteiger partial charge in [-0.05, 0) is 61.3 Å². The van der Waals surface area contributed by atoms with Crippen LogP contribution in [0.5, 0.6) is 0 Å². The van der Waals surface area contributed by atoms with Gasteiger partial charge in [0.15, 0.2) is 0 Å². The highest BCUT2D eigenvalue weighted by Gasteiger charge is 2.30. The number of carbonyl (C=O) groups is 1.